The summed E-state index contributed by atoms with van der Waals surface area (Å²) in [6.07, 6.45) is 3.31. The lowest BCUT2D eigenvalue weighted by atomic mass is 10.1. The summed E-state index contributed by atoms with van der Waals surface area (Å²) >= 11 is 0. The Morgan fingerprint density at radius 2 is 1.89 bits per heavy atom. The molecule has 0 amide bonds. The molecule has 6 nitrogen and oxygen atoms in total. The summed E-state index contributed by atoms with van der Waals surface area (Å²) < 4.78 is 0. The van der Waals surface area contributed by atoms with Crippen molar-refractivity contribution in [1.82, 2.24) is 25.1 Å². The van der Waals surface area contributed by atoms with Crippen LogP contribution in [-0.4, -0.2) is 25.1 Å². The Kier molecular flexibility index (Phi) is 2.89. The minimum absolute atomic E-state index is 0.447. The Labute approximate surface area is 110 Å². The van der Waals surface area contributed by atoms with Gasteiger partial charge in [0.1, 0.15) is 0 Å². The van der Waals surface area contributed by atoms with Gasteiger partial charge in [-0.2, -0.15) is 4.98 Å². The summed E-state index contributed by atoms with van der Waals surface area (Å²) in [5.41, 5.74) is 2.17. The number of benzene rings is 1. The van der Waals surface area contributed by atoms with Crippen LogP contribution in [-0.2, 0) is 0 Å². The quantitative estimate of drug-likeness (QED) is 0.747. The molecule has 2 N–H and O–H groups in total. The molecule has 0 aliphatic heterocycles. The van der Waals surface area contributed by atoms with Crippen LogP contribution in [0.15, 0.2) is 42.7 Å². The molecule has 2 aromatic heterocycles. The maximum absolute atomic E-state index is 4.36. The summed E-state index contributed by atoms with van der Waals surface area (Å²) in [5.74, 6) is 1.63. The lowest BCUT2D eigenvalue weighted by Crippen LogP contribution is -1.97. The zero-order valence-corrected chi connectivity index (χ0v) is 10.3. The zero-order valence-electron chi connectivity index (χ0n) is 10.3. The first-order valence-corrected chi connectivity index (χ1v) is 5.85. The molecule has 0 aliphatic carbocycles. The van der Waals surface area contributed by atoms with E-state index in [9.17, 15) is 0 Å². The zero-order chi connectivity index (χ0) is 13.1. The Bertz CT molecular complexity index is 676. The van der Waals surface area contributed by atoms with Crippen LogP contribution in [0.3, 0.4) is 0 Å². The predicted molar refractivity (Wildman–Crippen MR) is 71.9 cm³/mol. The lowest BCUT2D eigenvalue weighted by Gasteiger charge is -1.98. The third-order valence-corrected chi connectivity index (χ3v) is 2.57. The fourth-order valence-corrected chi connectivity index (χ4v) is 1.70. The number of aromatic amines is 1. The largest absolute Gasteiger partial charge is 0.291 e. The molecule has 0 fully saturated rings. The Hall–Kier alpha value is -2.76. The first kappa shape index (κ1) is 11.3. The van der Waals surface area contributed by atoms with Gasteiger partial charge >= 0.3 is 0 Å². The molecule has 1 aromatic carbocycles. The molecular formula is C13H12N6. The second kappa shape index (κ2) is 4.85. The maximum atomic E-state index is 4.36. The van der Waals surface area contributed by atoms with Gasteiger partial charge in [0, 0.05) is 18.0 Å². The van der Waals surface area contributed by atoms with Crippen LogP contribution in [0.4, 0.5) is 11.9 Å². The molecule has 0 bridgehead atoms. The van der Waals surface area contributed by atoms with Gasteiger partial charge < -0.3 is 0 Å². The third-order valence-electron chi connectivity index (χ3n) is 2.57. The monoisotopic (exact) mass is 252 g/mol. The minimum atomic E-state index is 0.447. The van der Waals surface area contributed by atoms with E-state index in [4.69, 9.17) is 0 Å². The number of rotatable bonds is 3. The number of hydrogen-bond donors (Lipinski definition) is 2. The van der Waals surface area contributed by atoms with Crippen molar-refractivity contribution in [3.05, 3.63) is 48.3 Å². The Balaban J connectivity index is 1.84. The number of anilines is 2. The average molecular weight is 252 g/mol. The molecule has 0 atom stereocenters. The molecule has 94 valence electrons. The maximum Gasteiger partial charge on any atom is 0.249 e. The molecule has 3 aromatic rings. The minimum Gasteiger partial charge on any atom is -0.291 e. The second-order valence-corrected chi connectivity index (χ2v) is 4.07. The molecule has 0 spiro atoms. The smallest absolute Gasteiger partial charge is 0.249 e. The standard InChI is InChI=1S/C13H12N6/c1-9-4-2-5-10(8-9)11-16-13(19-18-11)17-12-14-6-3-7-15-12/h2-8H,1H3,(H2,14,15,16,17,18,19). The highest BCUT2D eigenvalue weighted by Crippen LogP contribution is 2.17. The van der Waals surface area contributed by atoms with Crippen molar-refractivity contribution in [3.63, 3.8) is 0 Å². The summed E-state index contributed by atoms with van der Waals surface area (Å²) in [5, 5.41) is 9.91. The van der Waals surface area contributed by atoms with Crippen LogP contribution in [0, 0.1) is 6.92 Å². The van der Waals surface area contributed by atoms with E-state index in [1.165, 1.54) is 5.56 Å². The van der Waals surface area contributed by atoms with Crippen LogP contribution in [0.25, 0.3) is 11.4 Å². The van der Waals surface area contributed by atoms with Crippen molar-refractivity contribution in [1.29, 1.82) is 0 Å². The Morgan fingerprint density at radius 3 is 2.68 bits per heavy atom. The second-order valence-electron chi connectivity index (χ2n) is 4.07. The number of H-pyrrole nitrogens is 1. The average Bonchev–Trinajstić information content (AvgIpc) is 2.88. The molecule has 0 saturated carbocycles. The van der Waals surface area contributed by atoms with E-state index in [1.807, 2.05) is 31.2 Å². The molecule has 0 radical (unpaired) electrons. The van der Waals surface area contributed by atoms with Crippen LogP contribution in [0.5, 0.6) is 0 Å². The van der Waals surface area contributed by atoms with Crippen LogP contribution in [0.1, 0.15) is 5.56 Å². The molecule has 6 heteroatoms. The van der Waals surface area contributed by atoms with Gasteiger partial charge in [0.25, 0.3) is 0 Å². The first-order valence-electron chi connectivity index (χ1n) is 5.85. The molecule has 0 unspecified atom stereocenters. The van der Waals surface area contributed by atoms with E-state index in [0.717, 1.165) is 5.56 Å². The van der Waals surface area contributed by atoms with Gasteiger partial charge in [-0.3, -0.25) is 10.4 Å². The van der Waals surface area contributed by atoms with E-state index in [1.54, 1.807) is 18.5 Å². The number of nitrogens with zero attached hydrogens (tertiary/aromatic N) is 4. The number of nitrogens with one attached hydrogen (secondary N) is 2. The van der Waals surface area contributed by atoms with Gasteiger partial charge in [0.2, 0.25) is 11.9 Å². The van der Waals surface area contributed by atoms with Crippen LogP contribution >= 0.6 is 0 Å². The van der Waals surface area contributed by atoms with E-state index in [2.05, 4.69) is 30.5 Å². The topological polar surface area (TPSA) is 79.4 Å². The Morgan fingerprint density at radius 1 is 1.05 bits per heavy atom. The summed E-state index contributed by atoms with van der Waals surface area (Å²) in [7, 11) is 0. The van der Waals surface area contributed by atoms with Gasteiger partial charge in [0.05, 0.1) is 0 Å². The van der Waals surface area contributed by atoms with Gasteiger partial charge in [-0.1, -0.05) is 23.8 Å². The van der Waals surface area contributed by atoms with E-state index < -0.39 is 0 Å². The molecule has 2 heterocycles. The van der Waals surface area contributed by atoms with E-state index in [-0.39, 0.29) is 0 Å². The van der Waals surface area contributed by atoms with Gasteiger partial charge in [-0.25, -0.2) is 9.97 Å². The molecule has 0 saturated heterocycles. The van der Waals surface area contributed by atoms with Crippen molar-refractivity contribution in [3.8, 4) is 11.4 Å². The molecule has 0 aliphatic rings. The summed E-state index contributed by atoms with van der Waals surface area (Å²) in [4.78, 5) is 12.5. The fraction of sp³-hybridized carbons (Fsp3) is 0.0769. The van der Waals surface area contributed by atoms with Crippen LogP contribution < -0.4 is 5.32 Å². The molecule has 19 heavy (non-hydrogen) atoms. The number of aryl methyl sites for hydroxylation is 1. The third kappa shape index (κ3) is 2.57. The number of aromatic nitrogens is 5. The SMILES string of the molecule is Cc1cccc(-c2nc(Nc3ncccn3)n[nH]2)c1. The molecule has 3 rings (SSSR count). The van der Waals surface area contributed by atoms with Gasteiger partial charge in [0.15, 0.2) is 5.82 Å². The highest BCUT2D eigenvalue weighted by molar-refractivity contribution is 5.58. The van der Waals surface area contributed by atoms with Gasteiger partial charge in [-0.15, -0.1) is 5.10 Å². The summed E-state index contributed by atoms with van der Waals surface area (Å²) in [6, 6.07) is 9.80. The fourth-order valence-electron chi connectivity index (χ4n) is 1.70. The van der Waals surface area contributed by atoms with Crippen molar-refractivity contribution in [2.75, 3.05) is 5.32 Å². The van der Waals surface area contributed by atoms with Crippen LogP contribution in [0.2, 0.25) is 0 Å². The number of hydrogen-bond acceptors (Lipinski definition) is 5. The highest BCUT2D eigenvalue weighted by atomic mass is 15.3. The van der Waals surface area contributed by atoms with E-state index >= 15 is 0 Å². The molecular weight excluding hydrogens is 240 g/mol. The normalized spacial score (nSPS) is 10.4. The van der Waals surface area contributed by atoms with Crippen molar-refractivity contribution >= 4 is 11.9 Å². The predicted octanol–water partition coefficient (Wildman–Crippen LogP) is 2.31. The van der Waals surface area contributed by atoms with Crippen molar-refractivity contribution in [2.45, 2.75) is 6.92 Å². The highest BCUT2D eigenvalue weighted by Gasteiger charge is 2.06. The first-order chi connectivity index (χ1) is 9.31. The van der Waals surface area contributed by atoms with E-state index in [0.29, 0.717) is 17.7 Å². The van der Waals surface area contributed by atoms with Crippen molar-refractivity contribution < 1.29 is 0 Å². The lowest BCUT2D eigenvalue weighted by molar-refractivity contribution is 1.08. The van der Waals surface area contributed by atoms with Crippen molar-refractivity contribution in [2.24, 2.45) is 0 Å². The summed E-state index contributed by atoms with van der Waals surface area (Å²) in [6.45, 7) is 2.04. The van der Waals surface area contributed by atoms with Gasteiger partial charge in [-0.05, 0) is 19.1 Å².